The lowest BCUT2D eigenvalue weighted by Gasteiger charge is -2.30. The van der Waals surface area contributed by atoms with Gasteiger partial charge in [0, 0.05) is 10.5 Å². The van der Waals surface area contributed by atoms with Crippen molar-refractivity contribution in [1.29, 1.82) is 0 Å². The van der Waals surface area contributed by atoms with Crippen molar-refractivity contribution in [3.05, 3.63) is 21.6 Å². The van der Waals surface area contributed by atoms with Crippen molar-refractivity contribution < 1.29 is 13.2 Å². The first-order valence-corrected chi connectivity index (χ1v) is 9.26. The maximum absolute atomic E-state index is 12.6. The second-order valence-electron chi connectivity index (χ2n) is 5.12. The van der Waals surface area contributed by atoms with Crippen LogP contribution in [0.1, 0.15) is 13.3 Å². The van der Waals surface area contributed by atoms with E-state index in [-0.39, 0.29) is 34.3 Å². The van der Waals surface area contributed by atoms with Crippen molar-refractivity contribution in [3.8, 4) is 5.75 Å². The Kier molecular flexibility index (Phi) is 7.42. The van der Waals surface area contributed by atoms with E-state index >= 15 is 0 Å². The van der Waals surface area contributed by atoms with E-state index in [1.807, 2.05) is 6.92 Å². The maximum atomic E-state index is 12.6. The Morgan fingerprint density at radius 1 is 1.45 bits per heavy atom. The van der Waals surface area contributed by atoms with Gasteiger partial charge >= 0.3 is 0 Å². The number of hydrogen-bond acceptors (Lipinski definition) is 4. The molecule has 2 unspecified atom stereocenters. The molecule has 2 atom stereocenters. The van der Waals surface area contributed by atoms with Gasteiger partial charge in [-0.15, -0.1) is 12.4 Å². The molecule has 0 aromatic heterocycles. The summed E-state index contributed by atoms with van der Waals surface area (Å²) in [4.78, 5) is 0.124. The van der Waals surface area contributed by atoms with Crippen LogP contribution >= 0.6 is 39.9 Å². The second-order valence-corrected chi connectivity index (χ2v) is 8.06. The summed E-state index contributed by atoms with van der Waals surface area (Å²) in [7, 11) is -2.15. The van der Waals surface area contributed by atoms with Crippen molar-refractivity contribution in [2.24, 2.45) is 5.92 Å². The van der Waals surface area contributed by atoms with Crippen molar-refractivity contribution in [2.75, 3.05) is 20.2 Å². The van der Waals surface area contributed by atoms with Crippen LogP contribution < -0.4 is 14.8 Å². The first-order valence-electron chi connectivity index (χ1n) is 6.61. The Labute approximate surface area is 150 Å². The molecule has 1 aromatic carbocycles. The molecule has 2 N–H and O–H groups in total. The molecule has 5 nitrogen and oxygen atoms in total. The maximum Gasteiger partial charge on any atom is 0.242 e. The number of rotatable bonds is 4. The summed E-state index contributed by atoms with van der Waals surface area (Å²) in [5.41, 5.74) is 0. The van der Waals surface area contributed by atoms with Crippen molar-refractivity contribution in [3.63, 3.8) is 0 Å². The quantitative estimate of drug-likeness (QED) is 0.765. The molecule has 1 fully saturated rings. The van der Waals surface area contributed by atoms with Gasteiger partial charge in [0.2, 0.25) is 10.0 Å². The van der Waals surface area contributed by atoms with Crippen LogP contribution in [0.2, 0.25) is 5.02 Å². The molecular formula is C13H19BrCl2N2O3S. The van der Waals surface area contributed by atoms with E-state index in [2.05, 4.69) is 26.0 Å². The molecule has 0 radical (unpaired) electrons. The van der Waals surface area contributed by atoms with Gasteiger partial charge in [0.25, 0.3) is 0 Å². The molecule has 9 heteroatoms. The number of methoxy groups -OCH3 is 1. The fourth-order valence-corrected chi connectivity index (χ4v) is 5.06. The smallest absolute Gasteiger partial charge is 0.242 e. The number of ether oxygens (including phenoxy) is 1. The molecule has 0 aliphatic carbocycles. The fourth-order valence-electron chi connectivity index (χ4n) is 2.32. The Hall–Kier alpha value is -0.0500. The molecule has 1 aromatic rings. The molecule has 0 amide bonds. The molecule has 0 spiro atoms. The van der Waals surface area contributed by atoms with E-state index in [1.54, 1.807) is 6.07 Å². The van der Waals surface area contributed by atoms with Gasteiger partial charge in [0.15, 0.2) is 0 Å². The highest BCUT2D eigenvalue weighted by molar-refractivity contribution is 9.10. The minimum Gasteiger partial charge on any atom is -0.495 e. The highest BCUT2D eigenvalue weighted by atomic mass is 79.9. The van der Waals surface area contributed by atoms with E-state index in [0.29, 0.717) is 10.2 Å². The zero-order chi connectivity index (χ0) is 15.6. The van der Waals surface area contributed by atoms with Crippen LogP contribution in [0, 0.1) is 5.92 Å². The molecule has 0 bridgehead atoms. The van der Waals surface area contributed by atoms with E-state index in [4.69, 9.17) is 16.3 Å². The van der Waals surface area contributed by atoms with Gasteiger partial charge in [0.05, 0.1) is 17.0 Å². The Balaban J connectivity index is 0.00000242. The number of nitrogens with one attached hydrogen (secondary N) is 2. The molecule has 126 valence electrons. The van der Waals surface area contributed by atoms with E-state index < -0.39 is 10.0 Å². The average molecular weight is 434 g/mol. The number of piperidine rings is 1. The normalized spacial score (nSPS) is 22.0. The third-order valence-electron chi connectivity index (χ3n) is 3.59. The van der Waals surface area contributed by atoms with Crippen LogP contribution in [0.15, 0.2) is 21.5 Å². The van der Waals surface area contributed by atoms with Crippen molar-refractivity contribution in [2.45, 2.75) is 24.3 Å². The van der Waals surface area contributed by atoms with E-state index in [9.17, 15) is 8.42 Å². The summed E-state index contributed by atoms with van der Waals surface area (Å²) in [6.07, 6.45) is 0.766. The molecule has 1 heterocycles. The van der Waals surface area contributed by atoms with Crippen LogP contribution in [0.25, 0.3) is 0 Å². The van der Waals surface area contributed by atoms with Gasteiger partial charge in [0.1, 0.15) is 5.75 Å². The summed E-state index contributed by atoms with van der Waals surface area (Å²) in [6.45, 7) is 3.63. The van der Waals surface area contributed by atoms with Crippen LogP contribution in [0.3, 0.4) is 0 Å². The summed E-state index contributed by atoms with van der Waals surface area (Å²) >= 11 is 9.30. The van der Waals surface area contributed by atoms with Gasteiger partial charge in [-0.25, -0.2) is 13.1 Å². The molecule has 2 rings (SSSR count). The van der Waals surface area contributed by atoms with Crippen molar-refractivity contribution >= 4 is 50.0 Å². The number of hydrogen-bond donors (Lipinski definition) is 2. The Bertz CT molecular complexity index is 628. The first-order chi connectivity index (χ1) is 9.85. The largest absolute Gasteiger partial charge is 0.495 e. The van der Waals surface area contributed by atoms with Gasteiger partial charge in [-0.3, -0.25) is 0 Å². The number of sulfonamides is 1. The number of benzene rings is 1. The van der Waals surface area contributed by atoms with Gasteiger partial charge in [-0.2, -0.15) is 0 Å². The van der Waals surface area contributed by atoms with Gasteiger partial charge in [-0.1, -0.05) is 18.5 Å². The van der Waals surface area contributed by atoms with Crippen molar-refractivity contribution in [1.82, 2.24) is 10.0 Å². The first kappa shape index (κ1) is 20.0. The molecule has 1 aliphatic rings. The Morgan fingerprint density at radius 3 is 2.73 bits per heavy atom. The minimum atomic E-state index is -3.64. The summed E-state index contributed by atoms with van der Waals surface area (Å²) in [6, 6.07) is 2.88. The molecule has 22 heavy (non-hydrogen) atoms. The molecular weight excluding hydrogens is 415 g/mol. The Morgan fingerprint density at radius 2 is 2.14 bits per heavy atom. The average Bonchev–Trinajstić information content (AvgIpc) is 2.43. The SMILES string of the molecule is COc1cc(Br)c(S(=O)(=O)NC2CCNCC2C)cc1Cl.Cl. The monoisotopic (exact) mass is 432 g/mol. The second kappa shape index (κ2) is 8.17. The third-order valence-corrected chi connectivity index (χ3v) is 6.33. The summed E-state index contributed by atoms with van der Waals surface area (Å²) in [5.74, 6) is 0.666. The van der Waals surface area contributed by atoms with E-state index in [1.165, 1.54) is 13.2 Å². The van der Waals surface area contributed by atoms with Crippen LogP contribution in [-0.2, 0) is 10.0 Å². The van der Waals surface area contributed by atoms with Gasteiger partial charge in [-0.05, 0) is 53.5 Å². The molecule has 0 saturated carbocycles. The van der Waals surface area contributed by atoms with Crippen LogP contribution in [0.5, 0.6) is 5.75 Å². The molecule has 1 saturated heterocycles. The lowest BCUT2D eigenvalue weighted by Crippen LogP contribution is -2.48. The highest BCUT2D eigenvalue weighted by Gasteiger charge is 2.28. The van der Waals surface area contributed by atoms with Gasteiger partial charge < -0.3 is 10.1 Å². The number of halogens is 3. The lowest BCUT2D eigenvalue weighted by molar-refractivity contribution is 0.328. The lowest BCUT2D eigenvalue weighted by atomic mass is 9.97. The zero-order valence-electron chi connectivity index (χ0n) is 12.2. The third kappa shape index (κ3) is 4.49. The predicted molar refractivity (Wildman–Crippen MR) is 93.7 cm³/mol. The molecule has 1 aliphatic heterocycles. The van der Waals surface area contributed by atoms with Crippen LogP contribution in [-0.4, -0.2) is 34.7 Å². The highest BCUT2D eigenvalue weighted by Crippen LogP contribution is 2.33. The minimum absolute atomic E-state index is 0. The van der Waals surface area contributed by atoms with E-state index in [0.717, 1.165) is 19.5 Å². The standard InChI is InChI=1S/C13H18BrClN2O3S.ClH/c1-8-7-16-4-3-11(8)17-21(18,19)13-6-10(15)12(20-2)5-9(13)14;/h5-6,8,11,16-17H,3-4,7H2,1-2H3;1H. The predicted octanol–water partition coefficient (Wildman–Crippen LogP) is 2.81. The fraction of sp³-hybridized carbons (Fsp3) is 0.538. The zero-order valence-corrected chi connectivity index (χ0v) is 16.2. The van der Waals surface area contributed by atoms with Crippen LogP contribution in [0.4, 0.5) is 0 Å². The topological polar surface area (TPSA) is 67.4 Å². The summed E-state index contributed by atoms with van der Waals surface area (Å²) in [5, 5.41) is 3.51. The summed E-state index contributed by atoms with van der Waals surface area (Å²) < 4.78 is 33.4.